The molecule has 2 aliphatic heterocycles. The van der Waals surface area contributed by atoms with Crippen molar-refractivity contribution < 1.29 is 28.5 Å². The molecule has 2 fully saturated rings. The molecule has 3 unspecified atom stereocenters. The van der Waals surface area contributed by atoms with Gasteiger partial charge in [0.15, 0.2) is 23.0 Å². The summed E-state index contributed by atoms with van der Waals surface area (Å²) in [5.74, 6) is 1.28. The third-order valence-electron chi connectivity index (χ3n) is 8.19. The number of carbonyl (C=O) groups is 2. The average molecular weight is 522 g/mol. The minimum atomic E-state index is -0.951. The molecule has 0 spiro atoms. The number of piperidine rings is 1. The van der Waals surface area contributed by atoms with E-state index in [4.69, 9.17) is 18.9 Å². The molecule has 3 atom stereocenters. The molecule has 0 radical (unpaired) electrons. The van der Waals surface area contributed by atoms with E-state index in [1.807, 2.05) is 30.6 Å². The van der Waals surface area contributed by atoms with Crippen LogP contribution in [-0.2, 0) is 25.5 Å². The Bertz CT molecular complexity index is 1300. The third-order valence-corrected chi connectivity index (χ3v) is 8.19. The van der Waals surface area contributed by atoms with Crippen LogP contribution in [0.5, 0.6) is 11.5 Å². The Hall–Kier alpha value is -3.59. The van der Waals surface area contributed by atoms with E-state index in [0.717, 1.165) is 55.2 Å². The second-order valence-corrected chi connectivity index (χ2v) is 10.3. The maximum atomic E-state index is 13.1. The molecular weight excluding hydrogens is 486 g/mol. The van der Waals surface area contributed by atoms with Crippen molar-refractivity contribution in [3.05, 3.63) is 53.8 Å². The predicted molar refractivity (Wildman–Crippen MR) is 142 cm³/mol. The van der Waals surface area contributed by atoms with Gasteiger partial charge in [-0.1, -0.05) is 6.08 Å². The number of pyridine rings is 1. The molecule has 0 bridgehead atoms. The SMILES string of the molecule is COC1=C(OC)C2C(=O)NC(=O)C2(CC2CCCN(CCc3cncc4cc(OC)c(OC)cc34)C2)C=C1. The van der Waals surface area contributed by atoms with Crippen molar-refractivity contribution in [1.29, 1.82) is 0 Å². The van der Waals surface area contributed by atoms with E-state index in [2.05, 4.69) is 15.2 Å². The number of hydrogen-bond donors (Lipinski definition) is 1. The minimum Gasteiger partial charge on any atom is -0.496 e. The van der Waals surface area contributed by atoms with Crippen LogP contribution < -0.4 is 14.8 Å². The highest BCUT2D eigenvalue weighted by Crippen LogP contribution is 2.49. The van der Waals surface area contributed by atoms with Crippen LogP contribution >= 0.6 is 0 Å². The van der Waals surface area contributed by atoms with E-state index in [1.54, 1.807) is 20.3 Å². The second kappa shape index (κ2) is 10.6. The van der Waals surface area contributed by atoms with Crippen LogP contribution in [-0.4, -0.2) is 69.8 Å². The minimum absolute atomic E-state index is 0.253. The first-order chi connectivity index (χ1) is 18.4. The first-order valence-corrected chi connectivity index (χ1v) is 13.0. The van der Waals surface area contributed by atoms with Gasteiger partial charge in [0.05, 0.1) is 33.9 Å². The maximum Gasteiger partial charge on any atom is 0.238 e. The number of likely N-dealkylation sites (tertiary alicyclic amines) is 1. The van der Waals surface area contributed by atoms with Gasteiger partial charge in [0.2, 0.25) is 11.8 Å². The van der Waals surface area contributed by atoms with Crippen molar-refractivity contribution in [3.8, 4) is 11.5 Å². The molecule has 1 aromatic carbocycles. The van der Waals surface area contributed by atoms with Gasteiger partial charge >= 0.3 is 0 Å². The molecule has 38 heavy (non-hydrogen) atoms. The summed E-state index contributed by atoms with van der Waals surface area (Å²) in [4.78, 5) is 32.9. The summed E-state index contributed by atoms with van der Waals surface area (Å²) >= 11 is 0. The fraction of sp³-hybridized carbons (Fsp3) is 0.483. The Labute approximate surface area is 222 Å². The lowest BCUT2D eigenvalue weighted by molar-refractivity contribution is -0.128. The molecule has 1 aliphatic carbocycles. The van der Waals surface area contributed by atoms with Crippen LogP contribution in [0.4, 0.5) is 0 Å². The third kappa shape index (κ3) is 4.49. The number of nitrogens with one attached hydrogen (secondary N) is 1. The van der Waals surface area contributed by atoms with Gasteiger partial charge in [0.25, 0.3) is 0 Å². The number of aromatic nitrogens is 1. The number of nitrogens with zero attached hydrogens (tertiary/aromatic N) is 2. The lowest BCUT2D eigenvalue weighted by Crippen LogP contribution is -2.43. The summed E-state index contributed by atoms with van der Waals surface area (Å²) in [6.45, 7) is 2.74. The van der Waals surface area contributed by atoms with Gasteiger partial charge in [-0.05, 0) is 67.3 Å². The number of amides is 2. The van der Waals surface area contributed by atoms with Crippen LogP contribution in [0.25, 0.3) is 10.8 Å². The van der Waals surface area contributed by atoms with Gasteiger partial charge in [0, 0.05) is 30.9 Å². The lowest BCUT2D eigenvalue weighted by Gasteiger charge is -2.39. The number of methoxy groups -OCH3 is 4. The first-order valence-electron chi connectivity index (χ1n) is 13.0. The fourth-order valence-electron chi connectivity index (χ4n) is 6.34. The van der Waals surface area contributed by atoms with Gasteiger partial charge < -0.3 is 23.8 Å². The highest BCUT2D eigenvalue weighted by atomic mass is 16.5. The molecular formula is C29H35N3O6. The molecule has 1 N–H and O–H groups in total. The molecule has 0 saturated carbocycles. The lowest BCUT2D eigenvalue weighted by atomic mass is 9.67. The van der Waals surface area contributed by atoms with E-state index in [-0.39, 0.29) is 17.7 Å². The standard InChI is InChI=1S/C29H35N3O6/c1-35-22-7-9-29(25(26(22)38-4)27(33)31-28(29)34)14-18-6-5-10-32(17-18)11-8-19-15-30-16-20-12-23(36-2)24(37-3)13-21(19)20/h7,9,12-13,15-16,18,25H,5-6,8,10-11,14,17H2,1-4H3,(H,31,33,34). The summed E-state index contributed by atoms with van der Waals surface area (Å²) in [5, 5.41) is 4.67. The fourth-order valence-corrected chi connectivity index (χ4v) is 6.34. The van der Waals surface area contributed by atoms with Gasteiger partial charge in [0.1, 0.15) is 5.92 Å². The Kier molecular flexibility index (Phi) is 7.29. The van der Waals surface area contributed by atoms with E-state index in [0.29, 0.717) is 29.4 Å². The molecule has 3 heterocycles. The number of hydrogen-bond acceptors (Lipinski definition) is 8. The van der Waals surface area contributed by atoms with Crippen molar-refractivity contribution >= 4 is 22.6 Å². The molecule has 5 rings (SSSR count). The summed E-state index contributed by atoms with van der Waals surface area (Å²) in [7, 11) is 6.33. The average Bonchev–Trinajstić information content (AvgIpc) is 3.19. The van der Waals surface area contributed by atoms with Crippen LogP contribution in [0.3, 0.4) is 0 Å². The van der Waals surface area contributed by atoms with Crippen molar-refractivity contribution in [2.24, 2.45) is 17.3 Å². The highest BCUT2D eigenvalue weighted by Gasteiger charge is 2.58. The van der Waals surface area contributed by atoms with Crippen molar-refractivity contribution in [1.82, 2.24) is 15.2 Å². The van der Waals surface area contributed by atoms with Gasteiger partial charge in [-0.25, -0.2) is 0 Å². The number of rotatable bonds is 9. The topological polar surface area (TPSA) is 99.2 Å². The molecule has 2 amide bonds. The van der Waals surface area contributed by atoms with E-state index in [9.17, 15) is 9.59 Å². The number of benzene rings is 1. The molecule has 3 aliphatic rings. The van der Waals surface area contributed by atoms with Crippen LogP contribution in [0.1, 0.15) is 24.8 Å². The van der Waals surface area contributed by atoms with E-state index < -0.39 is 11.3 Å². The van der Waals surface area contributed by atoms with Gasteiger partial charge in [-0.15, -0.1) is 0 Å². The normalized spacial score (nSPS) is 25.4. The van der Waals surface area contributed by atoms with Crippen LogP contribution in [0, 0.1) is 17.3 Å². The van der Waals surface area contributed by atoms with Crippen molar-refractivity contribution in [3.63, 3.8) is 0 Å². The van der Waals surface area contributed by atoms with E-state index in [1.165, 1.54) is 14.2 Å². The number of imide groups is 1. The van der Waals surface area contributed by atoms with Gasteiger partial charge in [-0.3, -0.25) is 19.9 Å². The molecule has 2 aromatic rings. The predicted octanol–water partition coefficient (Wildman–Crippen LogP) is 3.23. The smallest absolute Gasteiger partial charge is 0.238 e. The van der Waals surface area contributed by atoms with Crippen LogP contribution in [0.15, 0.2) is 48.2 Å². The number of allylic oxidation sites excluding steroid dienone is 1. The summed E-state index contributed by atoms with van der Waals surface area (Å²) in [6, 6.07) is 3.98. The quantitative estimate of drug-likeness (QED) is 0.503. The van der Waals surface area contributed by atoms with Crippen molar-refractivity contribution in [2.45, 2.75) is 25.7 Å². The van der Waals surface area contributed by atoms with Crippen molar-refractivity contribution in [2.75, 3.05) is 48.1 Å². The number of carbonyl (C=O) groups excluding carboxylic acids is 2. The molecule has 2 saturated heterocycles. The molecule has 9 nitrogen and oxygen atoms in total. The molecule has 202 valence electrons. The zero-order valence-corrected chi connectivity index (χ0v) is 22.4. The van der Waals surface area contributed by atoms with Gasteiger partial charge in [-0.2, -0.15) is 0 Å². The Morgan fingerprint density at radius 1 is 1.05 bits per heavy atom. The number of fused-ring (bicyclic) bond motifs is 2. The summed E-state index contributed by atoms with van der Waals surface area (Å²) < 4.78 is 22.0. The van der Waals surface area contributed by atoms with E-state index >= 15 is 0 Å². The second-order valence-electron chi connectivity index (χ2n) is 10.3. The highest BCUT2D eigenvalue weighted by molar-refractivity contribution is 6.10. The zero-order valence-electron chi connectivity index (χ0n) is 22.4. The zero-order chi connectivity index (χ0) is 26.9. The Balaban J connectivity index is 1.31. The largest absolute Gasteiger partial charge is 0.496 e. The van der Waals surface area contributed by atoms with Crippen LogP contribution in [0.2, 0.25) is 0 Å². The number of ether oxygens (including phenoxy) is 4. The maximum absolute atomic E-state index is 13.1. The Morgan fingerprint density at radius 3 is 2.58 bits per heavy atom. The molecule has 9 heteroatoms. The first kappa shape index (κ1) is 26.0. The molecule has 1 aromatic heterocycles. The summed E-state index contributed by atoms with van der Waals surface area (Å²) in [6.07, 6.45) is 10.9. The Morgan fingerprint density at radius 2 is 1.84 bits per heavy atom. The summed E-state index contributed by atoms with van der Waals surface area (Å²) in [5.41, 5.74) is 0.204. The monoisotopic (exact) mass is 521 g/mol.